The number of amides is 1. The van der Waals surface area contributed by atoms with E-state index in [-0.39, 0.29) is 15.9 Å². The van der Waals surface area contributed by atoms with E-state index in [2.05, 4.69) is 22.3 Å². The van der Waals surface area contributed by atoms with Gasteiger partial charge in [0.15, 0.2) is 5.11 Å². The second-order valence-corrected chi connectivity index (χ2v) is 10.2. The molecule has 0 heterocycles. The van der Waals surface area contributed by atoms with Gasteiger partial charge in [0, 0.05) is 11.3 Å². The number of rotatable bonds is 9. The van der Waals surface area contributed by atoms with Gasteiger partial charge in [0.2, 0.25) is 0 Å². The van der Waals surface area contributed by atoms with Gasteiger partial charge in [0.05, 0.1) is 17.2 Å². The van der Waals surface area contributed by atoms with Crippen LogP contribution in [0, 0.1) is 13.8 Å². The van der Waals surface area contributed by atoms with Gasteiger partial charge in [-0.2, -0.15) is 0 Å². The zero-order valence-electron chi connectivity index (χ0n) is 19.9. The smallest absolute Gasteiger partial charge is 0.261 e. The summed E-state index contributed by atoms with van der Waals surface area (Å²) in [5, 5.41) is 5.61. The second kappa shape index (κ2) is 11.8. The first-order valence-corrected chi connectivity index (χ1v) is 13.1. The Bertz CT molecular complexity index is 1310. The van der Waals surface area contributed by atoms with Crippen LogP contribution < -0.4 is 20.1 Å². The molecule has 0 saturated carbocycles. The molecule has 0 aliphatic rings. The van der Waals surface area contributed by atoms with Gasteiger partial charge in [0.25, 0.3) is 15.9 Å². The lowest BCUT2D eigenvalue weighted by atomic mass is 10.1. The first kappa shape index (κ1) is 26.2. The molecular formula is C26H29N3O4S2. The summed E-state index contributed by atoms with van der Waals surface area (Å²) in [4.78, 5) is 12.7. The largest absolute Gasteiger partial charge is 0.494 e. The Labute approximate surface area is 212 Å². The van der Waals surface area contributed by atoms with Crippen molar-refractivity contribution in [3.8, 4) is 5.75 Å². The predicted molar refractivity (Wildman–Crippen MR) is 144 cm³/mol. The first-order chi connectivity index (χ1) is 16.7. The number of hydrogen-bond acceptors (Lipinski definition) is 5. The third kappa shape index (κ3) is 7.53. The summed E-state index contributed by atoms with van der Waals surface area (Å²) < 4.78 is 33.8. The Balaban J connectivity index is 1.59. The molecule has 184 valence electrons. The van der Waals surface area contributed by atoms with Crippen molar-refractivity contribution in [2.75, 3.05) is 16.6 Å². The van der Waals surface area contributed by atoms with E-state index in [0.29, 0.717) is 29.3 Å². The maximum atomic E-state index is 12.8. The molecule has 35 heavy (non-hydrogen) atoms. The average Bonchev–Trinajstić information content (AvgIpc) is 2.81. The number of benzene rings is 3. The van der Waals surface area contributed by atoms with E-state index >= 15 is 0 Å². The minimum Gasteiger partial charge on any atom is -0.494 e. The van der Waals surface area contributed by atoms with E-state index < -0.39 is 10.0 Å². The van der Waals surface area contributed by atoms with Crippen LogP contribution in [0.2, 0.25) is 0 Å². The normalized spacial score (nSPS) is 10.9. The van der Waals surface area contributed by atoms with Crippen molar-refractivity contribution < 1.29 is 17.9 Å². The molecule has 1 amide bonds. The van der Waals surface area contributed by atoms with Gasteiger partial charge in [-0.05, 0) is 86.6 Å². The zero-order valence-corrected chi connectivity index (χ0v) is 21.6. The first-order valence-electron chi connectivity index (χ1n) is 11.2. The number of anilines is 2. The molecular weight excluding hydrogens is 482 g/mol. The molecule has 3 N–H and O–H groups in total. The Hall–Kier alpha value is -3.43. The maximum absolute atomic E-state index is 12.8. The Morgan fingerprint density at radius 1 is 1.00 bits per heavy atom. The van der Waals surface area contributed by atoms with Crippen LogP contribution in [0.1, 0.15) is 41.3 Å². The van der Waals surface area contributed by atoms with Gasteiger partial charge >= 0.3 is 0 Å². The van der Waals surface area contributed by atoms with Crippen LogP contribution in [0.15, 0.2) is 71.6 Å². The lowest BCUT2D eigenvalue weighted by molar-refractivity contribution is 0.0977. The minimum absolute atomic E-state index is 0.0938. The molecule has 9 heteroatoms. The SMILES string of the molecule is CCCCOc1cccc(C(=O)NC(=S)Nc2ccc(S(=O)(=O)Nc3ccc(C)cc3C)cc2)c1. The number of ether oxygens (including phenoxy) is 1. The highest BCUT2D eigenvalue weighted by atomic mass is 32.2. The lowest BCUT2D eigenvalue weighted by Crippen LogP contribution is -2.34. The fourth-order valence-corrected chi connectivity index (χ4v) is 4.59. The molecule has 0 radical (unpaired) electrons. The van der Waals surface area contributed by atoms with Crippen molar-refractivity contribution in [2.45, 2.75) is 38.5 Å². The molecule has 0 unspecified atom stereocenters. The molecule has 0 aliphatic heterocycles. The summed E-state index contributed by atoms with van der Waals surface area (Å²) in [6.07, 6.45) is 1.96. The van der Waals surface area contributed by atoms with Gasteiger partial charge in [-0.1, -0.05) is 37.1 Å². The van der Waals surface area contributed by atoms with E-state index in [4.69, 9.17) is 17.0 Å². The van der Waals surface area contributed by atoms with Crippen LogP contribution in [-0.4, -0.2) is 26.0 Å². The van der Waals surface area contributed by atoms with Gasteiger partial charge in [0.1, 0.15) is 5.75 Å². The van der Waals surface area contributed by atoms with E-state index in [0.717, 1.165) is 24.0 Å². The van der Waals surface area contributed by atoms with E-state index in [9.17, 15) is 13.2 Å². The third-order valence-electron chi connectivity index (χ3n) is 5.14. The Kier molecular flexibility index (Phi) is 8.84. The van der Waals surface area contributed by atoms with Crippen molar-refractivity contribution in [1.82, 2.24) is 5.32 Å². The van der Waals surface area contributed by atoms with Crippen molar-refractivity contribution >= 4 is 44.6 Å². The topological polar surface area (TPSA) is 96.5 Å². The van der Waals surface area contributed by atoms with E-state index in [1.54, 1.807) is 42.5 Å². The van der Waals surface area contributed by atoms with Crippen molar-refractivity contribution in [1.29, 1.82) is 0 Å². The average molecular weight is 512 g/mol. The van der Waals surface area contributed by atoms with Crippen LogP contribution in [0.25, 0.3) is 0 Å². The minimum atomic E-state index is -3.75. The van der Waals surface area contributed by atoms with Crippen LogP contribution in [0.5, 0.6) is 5.75 Å². The van der Waals surface area contributed by atoms with Crippen molar-refractivity contribution in [3.05, 3.63) is 83.4 Å². The lowest BCUT2D eigenvalue weighted by Gasteiger charge is -2.13. The summed E-state index contributed by atoms with van der Waals surface area (Å²) in [6, 6.07) is 18.5. The fourth-order valence-electron chi connectivity index (χ4n) is 3.25. The maximum Gasteiger partial charge on any atom is 0.261 e. The van der Waals surface area contributed by atoms with Crippen molar-refractivity contribution in [2.24, 2.45) is 0 Å². The van der Waals surface area contributed by atoms with Gasteiger partial charge in [-0.25, -0.2) is 8.42 Å². The molecule has 7 nitrogen and oxygen atoms in total. The summed E-state index contributed by atoms with van der Waals surface area (Å²) >= 11 is 5.24. The number of sulfonamides is 1. The molecule has 0 saturated heterocycles. The second-order valence-electron chi connectivity index (χ2n) is 8.09. The molecule has 0 bridgehead atoms. The molecule has 3 aromatic carbocycles. The van der Waals surface area contributed by atoms with Gasteiger partial charge in [-0.15, -0.1) is 0 Å². The highest BCUT2D eigenvalue weighted by molar-refractivity contribution is 7.92. The summed E-state index contributed by atoms with van der Waals surface area (Å²) in [7, 11) is -3.75. The monoisotopic (exact) mass is 511 g/mol. The number of hydrogen-bond donors (Lipinski definition) is 3. The van der Waals surface area contributed by atoms with E-state index in [1.165, 1.54) is 12.1 Å². The van der Waals surface area contributed by atoms with E-state index in [1.807, 2.05) is 26.0 Å². The molecule has 0 aliphatic carbocycles. The number of carbonyl (C=O) groups is 1. The Morgan fingerprint density at radius 3 is 2.43 bits per heavy atom. The summed E-state index contributed by atoms with van der Waals surface area (Å²) in [5.41, 5.74) is 3.38. The van der Waals surface area contributed by atoms with Crippen molar-refractivity contribution in [3.63, 3.8) is 0 Å². The van der Waals surface area contributed by atoms with Crippen LogP contribution in [-0.2, 0) is 10.0 Å². The number of carbonyl (C=O) groups excluding carboxylic acids is 1. The van der Waals surface area contributed by atoms with Gasteiger partial charge in [-0.3, -0.25) is 14.8 Å². The third-order valence-corrected chi connectivity index (χ3v) is 6.72. The molecule has 3 rings (SSSR count). The zero-order chi connectivity index (χ0) is 25.4. The number of thiocarbonyl (C=S) groups is 1. The molecule has 0 atom stereocenters. The fraction of sp³-hybridized carbons (Fsp3) is 0.231. The highest BCUT2D eigenvalue weighted by Crippen LogP contribution is 2.22. The number of aryl methyl sites for hydroxylation is 2. The summed E-state index contributed by atoms with van der Waals surface area (Å²) in [5.74, 6) is 0.247. The van der Waals surface area contributed by atoms with Gasteiger partial charge < -0.3 is 10.1 Å². The highest BCUT2D eigenvalue weighted by Gasteiger charge is 2.16. The van der Waals surface area contributed by atoms with Crippen LogP contribution in [0.4, 0.5) is 11.4 Å². The Morgan fingerprint density at radius 2 is 1.74 bits per heavy atom. The molecule has 0 spiro atoms. The number of nitrogens with one attached hydrogen (secondary N) is 3. The quantitative estimate of drug-likeness (QED) is 0.263. The summed E-state index contributed by atoms with van der Waals surface area (Å²) in [6.45, 7) is 6.47. The molecule has 3 aromatic rings. The van der Waals surface area contributed by atoms with Crippen LogP contribution in [0.3, 0.4) is 0 Å². The standard InChI is InChI=1S/C26H29N3O4S2/c1-4-5-15-33-22-8-6-7-20(17-22)25(30)28-26(34)27-21-10-12-23(13-11-21)35(31,32)29-24-14-9-18(2)16-19(24)3/h6-14,16-17,29H,4-5,15H2,1-3H3,(H2,27,28,30,34). The predicted octanol–water partition coefficient (Wildman–Crippen LogP) is 5.41. The van der Waals surface area contributed by atoms with Crippen LogP contribution >= 0.6 is 12.2 Å². The number of unbranched alkanes of at least 4 members (excludes halogenated alkanes) is 1. The molecule has 0 fully saturated rings. The molecule has 0 aromatic heterocycles.